The molecule has 6 N–H and O–H groups in total. The molecule has 125 heavy (non-hydrogen) atoms. The van der Waals surface area contributed by atoms with Crippen LogP contribution in [0.4, 0.5) is 0 Å². The maximum atomic E-state index is 12.8. The third-order valence-corrected chi connectivity index (χ3v) is 37.9. The fourth-order valence-corrected chi connectivity index (χ4v) is 29.1. The quantitative estimate of drug-likeness (QED) is 0.0349. The maximum absolute atomic E-state index is 12.8. The van der Waals surface area contributed by atoms with E-state index in [0.717, 1.165) is 156 Å². The Morgan fingerprint density at radius 3 is 1.18 bits per heavy atom. The lowest BCUT2D eigenvalue weighted by Gasteiger charge is -2.70. The third kappa shape index (κ3) is 15.6. The van der Waals surface area contributed by atoms with Crippen LogP contribution >= 0.6 is 20.2 Å². The van der Waals surface area contributed by atoms with Crippen molar-refractivity contribution in [2.75, 3.05) is 6.54 Å². The Bertz CT molecular complexity index is 5130. The molecular formula is C105H139ClN5O13P. The topological polar surface area (TPSA) is 306 Å². The zero-order valence-electron chi connectivity index (χ0n) is 78.1. The first-order chi connectivity index (χ1) is 57.9. The van der Waals surface area contributed by atoms with Gasteiger partial charge in [-0.05, 0) is 336 Å². The summed E-state index contributed by atoms with van der Waals surface area (Å²) in [6.45, 7) is 46.0. The summed E-state index contributed by atoms with van der Waals surface area (Å²) in [6.07, 6.45) is 44.8. The van der Waals surface area contributed by atoms with Crippen molar-refractivity contribution >= 4 is 55.3 Å². The lowest BCUT2D eigenvalue weighted by Crippen LogP contribution is -2.62. The molecule has 674 valence electrons. The highest BCUT2D eigenvalue weighted by Gasteiger charge is 2.71. The van der Waals surface area contributed by atoms with Gasteiger partial charge >= 0.3 is 13.7 Å². The second-order valence-electron chi connectivity index (χ2n) is 43.9. The first-order valence-corrected chi connectivity index (χ1v) is 47.4. The smallest absolute Gasteiger partial charge is 0.504 e. The fraction of sp³-hybridized carbons (Fsp3) is 0.600. The number of nitrogens with two attached hydrogens (primary N) is 1. The van der Waals surface area contributed by atoms with Crippen LogP contribution in [0.1, 0.15) is 293 Å². The van der Waals surface area contributed by atoms with Crippen molar-refractivity contribution in [3.63, 3.8) is 0 Å². The van der Waals surface area contributed by atoms with Gasteiger partial charge in [-0.3, -0.25) is 24.0 Å². The van der Waals surface area contributed by atoms with E-state index >= 15 is 0 Å². The molecule has 0 aromatic heterocycles. The average Bonchev–Trinajstić information content (AvgIpc) is 0.685. The molecule has 0 heterocycles. The molecule has 2 aromatic rings. The molecule has 18 nitrogen and oxygen atoms in total. The predicted molar refractivity (Wildman–Crippen MR) is 496 cm³/mol. The number of carboxylic acids is 1. The molecule has 0 aliphatic heterocycles. The molecule has 17 rings (SSSR count). The summed E-state index contributed by atoms with van der Waals surface area (Å²) in [4.78, 5) is 84.0. The van der Waals surface area contributed by atoms with Crippen molar-refractivity contribution in [1.82, 2.24) is 0 Å². The van der Waals surface area contributed by atoms with E-state index in [1.54, 1.807) is 78.9 Å². The van der Waals surface area contributed by atoms with E-state index < -0.39 is 19.1 Å². The Morgan fingerprint density at radius 2 is 0.832 bits per heavy atom. The van der Waals surface area contributed by atoms with E-state index in [1.807, 2.05) is 40.7 Å². The Labute approximate surface area is 749 Å². The molecule has 15 aliphatic carbocycles. The second kappa shape index (κ2) is 33.6. The number of halogens is 1. The van der Waals surface area contributed by atoms with E-state index in [9.17, 15) is 53.8 Å². The summed E-state index contributed by atoms with van der Waals surface area (Å²) < 4.78 is 22.6. The SMILES string of the molecule is CC1=C(O)C(=O)C=C2C1=CC=C1[C@@]2(C)CC[C@@]2(C)[C@@H]3C[C@](C)(C(=O)O)CC[C@]3(C)CC[C@]12C.CC1=C(O)C(=O)C=C2C1=CC=C1[C@@]2(C)CC[C@@]2(C)[C@@H]3C[C@](C)(N=C=O)CC[C@]3(C)CC[C@]12C.CCCC(=O)C[C@]1(C)CC[C@]2(C)CC[C@]3(C)C4=CC=C5C(=CC(=O)C(O)=C5C)[C@]4(C)CC[C@@]3(C)[C@@H]2C1.CCN.Cl.[N-]=[N+]=NP(=O)(Oc1ccccc1)Oc1ccccc1. The predicted octanol–water partition coefficient (Wildman–Crippen LogP) is 26.7. The Kier molecular flexibility index (Phi) is 25.7. The number of allylic oxidation sites excluding steroid dienone is 21. The second-order valence-corrected chi connectivity index (χ2v) is 45.3. The zero-order valence-corrected chi connectivity index (χ0v) is 79.8. The highest BCUT2D eigenvalue weighted by molar-refractivity contribution is 7.53. The van der Waals surface area contributed by atoms with E-state index in [4.69, 9.17) is 20.3 Å². The number of aliphatic hydroxyl groups excluding tert-OH is 3. The number of benzene rings is 2. The van der Waals surface area contributed by atoms with Crippen LogP contribution < -0.4 is 14.8 Å². The number of isocyanates is 1. The minimum absolute atomic E-state index is 0. The summed E-state index contributed by atoms with van der Waals surface area (Å²) in [5.74, 6) is 0.613. The number of hydrogen-bond acceptors (Lipinski definition) is 14. The third-order valence-electron chi connectivity index (χ3n) is 36.7. The van der Waals surface area contributed by atoms with Crippen LogP contribution in [-0.4, -0.2) is 67.7 Å². The van der Waals surface area contributed by atoms with Crippen LogP contribution in [0.15, 0.2) is 209 Å². The first kappa shape index (κ1) is 95.7. The van der Waals surface area contributed by atoms with Crippen molar-refractivity contribution in [2.45, 2.75) is 298 Å². The molecule has 0 bridgehead atoms. The summed E-state index contributed by atoms with van der Waals surface area (Å²) in [5.41, 5.74) is 25.5. The van der Waals surface area contributed by atoms with Crippen LogP contribution in [0.3, 0.4) is 0 Å². The van der Waals surface area contributed by atoms with E-state index in [1.165, 1.54) is 48.8 Å². The standard InChI is InChI=1S/C33H46O3.C29H37NO3.C29H38O4.C12H10N3O3P.C2H7N.ClH/c1-8-9-22(34)19-29(3)12-13-30(4)14-16-32(6)26-11-10-23-21(2)28(36)25(35)18-24(23)31(26,5)15-17-33(32,7)27(30)20-29;1-18-19-7-8-22-27(4,20(19)15-21(32)24(18)33)12-14-29(6)23-16-26(3,30-17-31)11-9-25(23,2)10-13-28(22,29)5;1-17-18-7-8-21-27(4,19(18)15-20(30)23(17)31)12-14-29(6)22-16-26(3,24(32)33)10-9-25(22,2)11-13-28(21,29)5;13-14-15-19(16,17-11-7-3-1-4-8-11)18-12-9-5-2-6-10-12;1-2-3;/h10-11,18,27,36H,8-9,12-17,19-20H2,1-7H3;7-8,15,23,33H,9-14,16H2,1-6H3;7-8,15,22,31H,9-14,16H2,1-6H3,(H,32,33);1-10H;2-3H2,1H3;1H/t27-,29+,30-,31+,32-,33+;23-,25-,26-,27+,28-,29+;22-,25-,26-,27+,28-,29+;;;/m111.../s1. The molecule has 0 spiro atoms. The lowest BCUT2D eigenvalue weighted by molar-refractivity contribution is -0.178. The number of Topliss-reactive ketones (excluding diaryl/α,β-unsaturated/α-hetero) is 1. The van der Waals surface area contributed by atoms with Crippen LogP contribution in [0.25, 0.3) is 10.4 Å². The molecule has 0 saturated heterocycles. The van der Waals surface area contributed by atoms with Crippen LogP contribution in [-0.2, 0) is 33.3 Å². The van der Waals surface area contributed by atoms with Gasteiger partial charge in [0.1, 0.15) is 17.3 Å². The Morgan fingerprint density at radius 1 is 0.496 bits per heavy atom. The number of carboxylic acid groups (broad SMARTS) is 1. The van der Waals surface area contributed by atoms with Gasteiger partial charge in [-0.1, -0.05) is 193 Å². The number of nitrogens with zero attached hydrogens (tertiary/aromatic N) is 4. The lowest BCUT2D eigenvalue weighted by atomic mass is 9.34. The minimum Gasteiger partial charge on any atom is -0.504 e. The maximum Gasteiger partial charge on any atom is 0.525 e. The van der Waals surface area contributed by atoms with Gasteiger partial charge in [-0.2, -0.15) is 4.99 Å². The number of rotatable bonds is 11. The number of azide groups is 1. The summed E-state index contributed by atoms with van der Waals surface area (Å²) in [7, 11) is -3.95. The molecule has 15 aliphatic rings. The van der Waals surface area contributed by atoms with Crippen molar-refractivity contribution in [3.8, 4) is 11.5 Å². The highest BCUT2D eigenvalue weighted by Crippen LogP contribution is 2.80. The van der Waals surface area contributed by atoms with Gasteiger partial charge in [0.05, 0.1) is 11.0 Å². The number of aliphatic imine (C=N–C) groups is 1. The highest BCUT2D eigenvalue weighted by atomic mass is 35.5. The van der Waals surface area contributed by atoms with Gasteiger partial charge in [0, 0.05) is 55.6 Å². The molecular weight excluding hydrogens is 1610 g/mol. The number of ketones is 4. The van der Waals surface area contributed by atoms with Crippen LogP contribution in [0, 0.1) is 93.6 Å². The molecule has 9 fully saturated rings. The minimum atomic E-state index is -3.95. The van der Waals surface area contributed by atoms with Gasteiger partial charge in [0.2, 0.25) is 23.4 Å². The number of aliphatic hydroxyl groups is 3. The van der Waals surface area contributed by atoms with E-state index in [-0.39, 0.29) is 118 Å². The molecule has 9 saturated carbocycles. The number of para-hydroxylation sites is 2. The summed E-state index contributed by atoms with van der Waals surface area (Å²) in [6, 6.07) is 16.8. The van der Waals surface area contributed by atoms with Crippen molar-refractivity contribution in [3.05, 3.63) is 210 Å². The number of hydrogen-bond donors (Lipinski definition) is 5. The van der Waals surface area contributed by atoms with E-state index in [2.05, 4.69) is 155 Å². The molecule has 20 heteroatoms. The number of fused-ring (bicyclic) bond motifs is 21. The molecule has 0 unspecified atom stereocenters. The fourth-order valence-electron chi connectivity index (χ4n) is 28.2. The van der Waals surface area contributed by atoms with Gasteiger partial charge < -0.3 is 35.2 Å². The normalized spacial score (nSPS) is 39.0. The van der Waals surface area contributed by atoms with Gasteiger partial charge in [0.25, 0.3) is 0 Å². The average molecular weight is 1750 g/mol. The number of aliphatic carboxylic acids is 1. The van der Waals surface area contributed by atoms with E-state index in [0.29, 0.717) is 63.6 Å². The monoisotopic (exact) mass is 1740 g/mol. The zero-order chi connectivity index (χ0) is 90.8. The van der Waals surface area contributed by atoms with Crippen molar-refractivity contribution in [1.29, 1.82) is 0 Å². The molecule has 0 radical (unpaired) electrons. The van der Waals surface area contributed by atoms with Gasteiger partial charge in [0.15, 0.2) is 17.3 Å². The Hall–Kier alpha value is -8.36. The number of carbonyl (C=O) groups excluding carboxylic acids is 5. The Balaban J connectivity index is 0.000000153. The molecule has 2 aromatic carbocycles. The largest absolute Gasteiger partial charge is 0.525 e. The summed E-state index contributed by atoms with van der Waals surface area (Å²) >= 11 is 0. The van der Waals surface area contributed by atoms with Crippen molar-refractivity contribution < 1.29 is 62.8 Å². The van der Waals surface area contributed by atoms with Crippen LogP contribution in [0.5, 0.6) is 11.5 Å². The number of carbonyl (C=O) groups is 5. The van der Waals surface area contributed by atoms with Gasteiger partial charge in [-0.15, -0.1) is 12.4 Å². The first-order valence-electron chi connectivity index (χ1n) is 45.9. The van der Waals surface area contributed by atoms with Gasteiger partial charge in [-0.25, -0.2) is 9.36 Å². The van der Waals surface area contributed by atoms with Crippen molar-refractivity contribution in [2.24, 2.45) is 109 Å². The van der Waals surface area contributed by atoms with Crippen LogP contribution in [0.2, 0.25) is 0 Å². The molecule has 18 atom stereocenters. The summed E-state index contributed by atoms with van der Waals surface area (Å²) in [5, 5.41) is 41.0. The molecule has 0 amide bonds.